The highest BCUT2D eigenvalue weighted by Gasteiger charge is 2.14. The minimum atomic E-state index is -1.07. The summed E-state index contributed by atoms with van der Waals surface area (Å²) in [7, 11) is 0. The third-order valence-electron chi connectivity index (χ3n) is 1.64. The summed E-state index contributed by atoms with van der Waals surface area (Å²) in [4.78, 5) is 25.5. The van der Waals surface area contributed by atoms with Crippen LogP contribution >= 0.6 is 0 Å². The molecule has 0 radical (unpaired) electrons. The molecule has 1 unspecified atom stereocenters. The molecular formula is C9H10N2O3. The number of hydrogen-bond acceptors (Lipinski definition) is 3. The average molecular weight is 194 g/mol. The molecule has 0 saturated heterocycles. The number of carbonyl (C=O) groups is 2. The van der Waals surface area contributed by atoms with E-state index in [1.165, 1.54) is 19.3 Å². The van der Waals surface area contributed by atoms with Crippen molar-refractivity contribution in [2.24, 2.45) is 0 Å². The Balaban J connectivity index is 2.64. The Hall–Kier alpha value is -1.91. The van der Waals surface area contributed by atoms with E-state index in [2.05, 4.69) is 10.3 Å². The molecule has 1 aromatic rings. The second-order valence-corrected chi connectivity index (χ2v) is 2.78. The highest BCUT2D eigenvalue weighted by molar-refractivity contribution is 5.96. The molecule has 1 heterocycles. The number of carboxylic acids is 1. The zero-order chi connectivity index (χ0) is 10.6. The molecule has 0 saturated carbocycles. The molecule has 1 aromatic heterocycles. The molecule has 0 aliphatic rings. The van der Waals surface area contributed by atoms with Crippen LogP contribution in [0, 0.1) is 0 Å². The SMILES string of the molecule is CC(NC(=O)c1cccnc1)C(=O)O. The molecule has 1 rings (SSSR count). The number of amides is 1. The molecule has 5 heteroatoms. The van der Waals surface area contributed by atoms with E-state index in [1.807, 2.05) is 0 Å². The summed E-state index contributed by atoms with van der Waals surface area (Å²) in [6, 6.07) is 2.28. The van der Waals surface area contributed by atoms with Crippen LogP contribution in [0.1, 0.15) is 17.3 Å². The van der Waals surface area contributed by atoms with Crippen molar-refractivity contribution in [3.05, 3.63) is 30.1 Å². The summed E-state index contributed by atoms with van der Waals surface area (Å²) in [5.74, 6) is -1.50. The van der Waals surface area contributed by atoms with Gasteiger partial charge in [0.05, 0.1) is 5.56 Å². The average Bonchev–Trinajstić information content (AvgIpc) is 2.19. The van der Waals surface area contributed by atoms with Gasteiger partial charge in [-0.1, -0.05) is 0 Å². The molecule has 0 spiro atoms. The predicted octanol–water partition coefficient (Wildman–Crippen LogP) is 0.284. The first-order valence-corrected chi connectivity index (χ1v) is 4.05. The van der Waals surface area contributed by atoms with Crippen molar-refractivity contribution in [3.8, 4) is 0 Å². The first-order chi connectivity index (χ1) is 6.61. The molecule has 0 bridgehead atoms. The normalized spacial score (nSPS) is 11.8. The zero-order valence-corrected chi connectivity index (χ0v) is 7.60. The number of carbonyl (C=O) groups excluding carboxylic acids is 1. The van der Waals surface area contributed by atoms with Crippen molar-refractivity contribution >= 4 is 11.9 Å². The van der Waals surface area contributed by atoms with Crippen molar-refractivity contribution in [2.75, 3.05) is 0 Å². The van der Waals surface area contributed by atoms with Gasteiger partial charge < -0.3 is 10.4 Å². The molecule has 1 atom stereocenters. The van der Waals surface area contributed by atoms with E-state index >= 15 is 0 Å². The fraction of sp³-hybridized carbons (Fsp3) is 0.222. The van der Waals surface area contributed by atoms with Crippen LogP contribution in [0.2, 0.25) is 0 Å². The van der Waals surface area contributed by atoms with Crippen LogP contribution in [0.4, 0.5) is 0 Å². The molecule has 1 amide bonds. The minimum Gasteiger partial charge on any atom is -0.480 e. The molecule has 0 aromatic carbocycles. The van der Waals surface area contributed by atoms with Crippen molar-refractivity contribution in [1.29, 1.82) is 0 Å². The maximum atomic E-state index is 11.3. The van der Waals surface area contributed by atoms with Gasteiger partial charge in [-0.3, -0.25) is 14.6 Å². The van der Waals surface area contributed by atoms with Gasteiger partial charge in [0.15, 0.2) is 0 Å². The Morgan fingerprint density at radius 1 is 1.57 bits per heavy atom. The van der Waals surface area contributed by atoms with E-state index in [9.17, 15) is 9.59 Å². The van der Waals surface area contributed by atoms with E-state index in [0.29, 0.717) is 5.56 Å². The molecule has 0 aliphatic heterocycles. The lowest BCUT2D eigenvalue weighted by atomic mass is 10.2. The highest BCUT2D eigenvalue weighted by Crippen LogP contribution is 1.96. The van der Waals surface area contributed by atoms with Crippen molar-refractivity contribution in [1.82, 2.24) is 10.3 Å². The van der Waals surface area contributed by atoms with Crippen LogP contribution in [0.25, 0.3) is 0 Å². The van der Waals surface area contributed by atoms with Gasteiger partial charge in [0.2, 0.25) is 0 Å². The Morgan fingerprint density at radius 2 is 2.29 bits per heavy atom. The van der Waals surface area contributed by atoms with Crippen LogP contribution in [-0.2, 0) is 4.79 Å². The summed E-state index contributed by atoms with van der Waals surface area (Å²) in [5.41, 5.74) is 0.348. The van der Waals surface area contributed by atoms with Gasteiger partial charge in [-0.15, -0.1) is 0 Å². The van der Waals surface area contributed by atoms with Crippen LogP contribution in [0.15, 0.2) is 24.5 Å². The smallest absolute Gasteiger partial charge is 0.325 e. The maximum Gasteiger partial charge on any atom is 0.325 e. The number of nitrogens with zero attached hydrogens (tertiary/aromatic N) is 1. The first kappa shape index (κ1) is 10.2. The van der Waals surface area contributed by atoms with E-state index in [0.717, 1.165) is 0 Å². The van der Waals surface area contributed by atoms with Gasteiger partial charge in [0.25, 0.3) is 5.91 Å². The van der Waals surface area contributed by atoms with Crippen LogP contribution in [-0.4, -0.2) is 28.0 Å². The van der Waals surface area contributed by atoms with Gasteiger partial charge in [-0.25, -0.2) is 0 Å². The van der Waals surface area contributed by atoms with E-state index in [-0.39, 0.29) is 0 Å². The third-order valence-corrected chi connectivity index (χ3v) is 1.64. The van der Waals surface area contributed by atoms with Crippen LogP contribution in [0.3, 0.4) is 0 Å². The van der Waals surface area contributed by atoms with Crippen molar-refractivity contribution in [3.63, 3.8) is 0 Å². The van der Waals surface area contributed by atoms with Gasteiger partial charge >= 0.3 is 5.97 Å². The number of aromatic nitrogens is 1. The Morgan fingerprint density at radius 3 is 2.79 bits per heavy atom. The summed E-state index contributed by atoms with van der Waals surface area (Å²) < 4.78 is 0. The summed E-state index contributed by atoms with van der Waals surface area (Å²) in [5, 5.41) is 10.9. The molecule has 5 nitrogen and oxygen atoms in total. The standard InChI is InChI=1S/C9H10N2O3/c1-6(9(13)14)11-8(12)7-3-2-4-10-5-7/h2-6H,1H3,(H,11,12)(H,13,14). The van der Waals surface area contributed by atoms with Gasteiger partial charge in [-0.2, -0.15) is 0 Å². The zero-order valence-electron chi connectivity index (χ0n) is 7.60. The molecule has 0 fully saturated rings. The lowest BCUT2D eigenvalue weighted by Crippen LogP contribution is -2.38. The van der Waals surface area contributed by atoms with Crippen LogP contribution in [0.5, 0.6) is 0 Å². The number of nitrogens with one attached hydrogen (secondary N) is 1. The number of pyridine rings is 1. The van der Waals surface area contributed by atoms with Crippen LogP contribution < -0.4 is 5.32 Å². The van der Waals surface area contributed by atoms with E-state index in [4.69, 9.17) is 5.11 Å². The first-order valence-electron chi connectivity index (χ1n) is 4.05. The van der Waals surface area contributed by atoms with E-state index < -0.39 is 17.9 Å². The second-order valence-electron chi connectivity index (χ2n) is 2.78. The highest BCUT2D eigenvalue weighted by atomic mass is 16.4. The number of carboxylic acid groups (broad SMARTS) is 1. The van der Waals surface area contributed by atoms with Crippen molar-refractivity contribution < 1.29 is 14.7 Å². The van der Waals surface area contributed by atoms with Gasteiger partial charge in [0.1, 0.15) is 6.04 Å². The maximum absolute atomic E-state index is 11.3. The number of hydrogen-bond donors (Lipinski definition) is 2. The number of rotatable bonds is 3. The fourth-order valence-corrected chi connectivity index (χ4v) is 0.839. The quantitative estimate of drug-likeness (QED) is 0.724. The molecule has 74 valence electrons. The molecule has 2 N–H and O–H groups in total. The molecule has 14 heavy (non-hydrogen) atoms. The largest absolute Gasteiger partial charge is 0.480 e. The Kier molecular flexibility index (Phi) is 3.17. The summed E-state index contributed by atoms with van der Waals surface area (Å²) >= 11 is 0. The summed E-state index contributed by atoms with van der Waals surface area (Å²) in [6.07, 6.45) is 2.92. The second kappa shape index (κ2) is 4.36. The summed E-state index contributed by atoms with van der Waals surface area (Å²) in [6.45, 7) is 1.40. The Labute approximate surface area is 80.8 Å². The lowest BCUT2D eigenvalue weighted by molar-refractivity contribution is -0.138. The lowest BCUT2D eigenvalue weighted by Gasteiger charge is -2.08. The van der Waals surface area contributed by atoms with Gasteiger partial charge in [-0.05, 0) is 19.1 Å². The molecular weight excluding hydrogens is 184 g/mol. The minimum absolute atomic E-state index is 0.348. The van der Waals surface area contributed by atoms with Gasteiger partial charge in [0, 0.05) is 12.4 Å². The monoisotopic (exact) mass is 194 g/mol. The van der Waals surface area contributed by atoms with E-state index in [1.54, 1.807) is 12.1 Å². The number of aliphatic carboxylic acids is 1. The predicted molar refractivity (Wildman–Crippen MR) is 48.8 cm³/mol. The van der Waals surface area contributed by atoms with Crippen molar-refractivity contribution in [2.45, 2.75) is 13.0 Å². The molecule has 0 aliphatic carbocycles. The topological polar surface area (TPSA) is 79.3 Å². The third kappa shape index (κ3) is 2.55. The fourth-order valence-electron chi connectivity index (χ4n) is 0.839. The Bertz CT molecular complexity index is 337.